The fourth-order valence-electron chi connectivity index (χ4n) is 2.20. The topological polar surface area (TPSA) is 60.2 Å². The maximum absolute atomic E-state index is 11.4. The molecule has 1 aliphatic rings. The second-order valence-corrected chi connectivity index (χ2v) is 4.41. The van der Waals surface area contributed by atoms with Gasteiger partial charge >= 0.3 is 0 Å². The molecule has 0 radical (unpaired) electrons. The highest BCUT2D eigenvalue weighted by Crippen LogP contribution is 2.31. The number of ketones is 1. The molecule has 1 atom stereocenters. The highest BCUT2D eigenvalue weighted by Gasteiger charge is 2.20. The number of non-ortho nitro benzene ring substituents is 1. The third-order valence-corrected chi connectivity index (χ3v) is 3.00. The van der Waals surface area contributed by atoms with E-state index in [1.165, 1.54) is 12.1 Å². The minimum atomic E-state index is -0.416. The van der Waals surface area contributed by atoms with E-state index in [1.54, 1.807) is 18.2 Å². The lowest BCUT2D eigenvalue weighted by atomic mass is 9.84. The number of nitro groups is 1. The molecule has 1 aromatic carbocycles. The third-order valence-electron chi connectivity index (χ3n) is 3.00. The summed E-state index contributed by atoms with van der Waals surface area (Å²) in [4.78, 5) is 21.6. The van der Waals surface area contributed by atoms with Crippen LogP contribution < -0.4 is 0 Å². The number of rotatable bonds is 2. The molecule has 0 aromatic heterocycles. The number of hydrogen-bond donors (Lipinski definition) is 0. The predicted octanol–water partition coefficient (Wildman–Crippen LogP) is 2.99. The summed E-state index contributed by atoms with van der Waals surface area (Å²) in [7, 11) is 0. The standard InChI is InChI=1S/C13H13NO3/c1-9-6-11(8-13(15)7-9)10-2-4-12(5-3-10)14(16)17/h2-5,7,11H,6,8H2,1H3. The SMILES string of the molecule is CC1=CC(=O)CC(c2ccc([N+](=O)[O-])cc2)C1. The van der Waals surface area contributed by atoms with Gasteiger partial charge in [0.1, 0.15) is 0 Å². The third kappa shape index (κ3) is 2.58. The number of allylic oxidation sites excluding steroid dienone is 2. The Bertz CT molecular complexity index is 488. The van der Waals surface area contributed by atoms with Crippen molar-refractivity contribution in [3.63, 3.8) is 0 Å². The summed E-state index contributed by atoms with van der Waals surface area (Å²) in [5.74, 6) is 0.297. The number of benzene rings is 1. The van der Waals surface area contributed by atoms with Gasteiger partial charge in [0.2, 0.25) is 0 Å². The normalized spacial score (nSPS) is 19.9. The molecule has 0 saturated heterocycles. The van der Waals surface area contributed by atoms with E-state index in [1.807, 2.05) is 6.92 Å². The van der Waals surface area contributed by atoms with Crippen molar-refractivity contribution in [2.45, 2.75) is 25.7 Å². The van der Waals surface area contributed by atoms with Gasteiger partial charge in [-0.1, -0.05) is 17.7 Å². The number of carbonyl (C=O) groups is 1. The molecule has 2 rings (SSSR count). The summed E-state index contributed by atoms with van der Waals surface area (Å²) in [5, 5.41) is 10.5. The van der Waals surface area contributed by atoms with Crippen molar-refractivity contribution in [1.29, 1.82) is 0 Å². The molecule has 4 nitrogen and oxygen atoms in total. The van der Waals surface area contributed by atoms with E-state index in [0.29, 0.717) is 6.42 Å². The van der Waals surface area contributed by atoms with Crippen LogP contribution in [-0.2, 0) is 4.79 Å². The molecule has 4 heteroatoms. The Labute approximate surface area is 99.1 Å². The number of nitrogens with zero attached hydrogens (tertiary/aromatic N) is 1. The van der Waals surface area contributed by atoms with Crippen LogP contribution >= 0.6 is 0 Å². The van der Waals surface area contributed by atoms with Crippen LogP contribution in [0.3, 0.4) is 0 Å². The molecule has 1 aliphatic carbocycles. The minimum Gasteiger partial charge on any atom is -0.295 e. The van der Waals surface area contributed by atoms with Gasteiger partial charge in [-0.2, -0.15) is 0 Å². The van der Waals surface area contributed by atoms with Gasteiger partial charge in [0.05, 0.1) is 4.92 Å². The first-order valence-corrected chi connectivity index (χ1v) is 5.50. The first-order valence-electron chi connectivity index (χ1n) is 5.50. The first kappa shape index (κ1) is 11.5. The molecule has 0 fully saturated rings. The zero-order chi connectivity index (χ0) is 12.4. The quantitative estimate of drug-likeness (QED) is 0.580. The van der Waals surface area contributed by atoms with Gasteiger partial charge in [-0.25, -0.2) is 0 Å². The molecule has 0 saturated carbocycles. The Hall–Kier alpha value is -1.97. The molecule has 0 bridgehead atoms. The molecule has 17 heavy (non-hydrogen) atoms. The van der Waals surface area contributed by atoms with Crippen LogP contribution in [0.25, 0.3) is 0 Å². The van der Waals surface area contributed by atoms with Crippen molar-refractivity contribution < 1.29 is 9.72 Å². The van der Waals surface area contributed by atoms with Crippen LogP contribution in [0.4, 0.5) is 5.69 Å². The Morgan fingerprint density at radius 3 is 2.41 bits per heavy atom. The molecular formula is C13H13NO3. The van der Waals surface area contributed by atoms with Crippen LogP contribution in [0, 0.1) is 10.1 Å². The first-order chi connectivity index (χ1) is 8.06. The van der Waals surface area contributed by atoms with E-state index in [9.17, 15) is 14.9 Å². The van der Waals surface area contributed by atoms with Gasteiger partial charge < -0.3 is 0 Å². The summed E-state index contributed by atoms with van der Waals surface area (Å²) < 4.78 is 0. The van der Waals surface area contributed by atoms with Gasteiger partial charge in [0.25, 0.3) is 5.69 Å². The molecule has 0 aliphatic heterocycles. The monoisotopic (exact) mass is 231 g/mol. The average Bonchev–Trinajstić information content (AvgIpc) is 2.28. The van der Waals surface area contributed by atoms with E-state index in [4.69, 9.17) is 0 Å². The molecule has 1 unspecified atom stereocenters. The molecule has 0 N–H and O–H groups in total. The van der Waals surface area contributed by atoms with Crippen molar-refractivity contribution in [1.82, 2.24) is 0 Å². The fraction of sp³-hybridized carbons (Fsp3) is 0.308. The van der Waals surface area contributed by atoms with Crippen LogP contribution in [0.5, 0.6) is 0 Å². The fourth-order valence-corrected chi connectivity index (χ4v) is 2.20. The summed E-state index contributed by atoms with van der Waals surface area (Å²) in [6.07, 6.45) is 3.03. The predicted molar refractivity (Wildman–Crippen MR) is 63.8 cm³/mol. The van der Waals surface area contributed by atoms with Crippen molar-refractivity contribution in [3.8, 4) is 0 Å². The molecule has 1 aromatic rings. The van der Waals surface area contributed by atoms with Crippen molar-refractivity contribution in [2.24, 2.45) is 0 Å². The van der Waals surface area contributed by atoms with Crippen LogP contribution in [0.2, 0.25) is 0 Å². The van der Waals surface area contributed by atoms with Crippen LogP contribution in [0.15, 0.2) is 35.9 Å². The van der Waals surface area contributed by atoms with E-state index < -0.39 is 4.92 Å². The smallest absolute Gasteiger partial charge is 0.269 e. The number of carbonyl (C=O) groups excluding carboxylic acids is 1. The second-order valence-electron chi connectivity index (χ2n) is 4.41. The summed E-state index contributed by atoms with van der Waals surface area (Å²) in [6.45, 7) is 1.94. The maximum Gasteiger partial charge on any atom is 0.269 e. The second kappa shape index (κ2) is 4.49. The van der Waals surface area contributed by atoms with E-state index in [0.717, 1.165) is 17.6 Å². The summed E-state index contributed by atoms with van der Waals surface area (Å²) in [5.41, 5.74) is 2.16. The summed E-state index contributed by atoms with van der Waals surface area (Å²) in [6, 6.07) is 6.48. The molecule has 0 spiro atoms. The molecule has 88 valence electrons. The number of nitro benzene ring substituents is 1. The lowest BCUT2D eigenvalue weighted by molar-refractivity contribution is -0.384. The highest BCUT2D eigenvalue weighted by molar-refractivity contribution is 5.91. The Balaban J connectivity index is 2.21. The van der Waals surface area contributed by atoms with Gasteiger partial charge in [-0.15, -0.1) is 0 Å². The zero-order valence-electron chi connectivity index (χ0n) is 9.55. The maximum atomic E-state index is 11.4. The van der Waals surface area contributed by atoms with Crippen molar-refractivity contribution in [2.75, 3.05) is 0 Å². The Kier molecular flexibility index (Phi) is 3.04. The van der Waals surface area contributed by atoms with Crippen LogP contribution in [-0.4, -0.2) is 10.7 Å². The van der Waals surface area contributed by atoms with Crippen LogP contribution in [0.1, 0.15) is 31.2 Å². The molecular weight excluding hydrogens is 218 g/mol. The lowest BCUT2D eigenvalue weighted by Crippen LogP contribution is -2.11. The highest BCUT2D eigenvalue weighted by atomic mass is 16.6. The minimum absolute atomic E-state index is 0.0863. The molecule has 0 amide bonds. The van der Waals surface area contributed by atoms with Gasteiger partial charge in [-0.3, -0.25) is 14.9 Å². The average molecular weight is 231 g/mol. The van der Waals surface area contributed by atoms with Gasteiger partial charge in [-0.05, 0) is 30.9 Å². The Morgan fingerprint density at radius 2 is 1.88 bits per heavy atom. The molecule has 0 heterocycles. The van der Waals surface area contributed by atoms with Crippen molar-refractivity contribution in [3.05, 3.63) is 51.6 Å². The zero-order valence-corrected chi connectivity index (χ0v) is 9.55. The summed E-state index contributed by atoms with van der Waals surface area (Å²) >= 11 is 0. The van der Waals surface area contributed by atoms with E-state index >= 15 is 0 Å². The largest absolute Gasteiger partial charge is 0.295 e. The lowest BCUT2D eigenvalue weighted by Gasteiger charge is -2.20. The van der Waals surface area contributed by atoms with E-state index in [-0.39, 0.29) is 17.4 Å². The van der Waals surface area contributed by atoms with E-state index in [2.05, 4.69) is 0 Å². The number of hydrogen-bond acceptors (Lipinski definition) is 3. The van der Waals surface area contributed by atoms with Crippen molar-refractivity contribution >= 4 is 11.5 Å². The van der Waals surface area contributed by atoms with Gasteiger partial charge in [0.15, 0.2) is 5.78 Å². The Morgan fingerprint density at radius 1 is 1.24 bits per heavy atom. The van der Waals surface area contributed by atoms with Gasteiger partial charge in [0, 0.05) is 18.6 Å².